The Kier molecular flexibility index (Phi) is 4.99. The first kappa shape index (κ1) is 14.8. The highest BCUT2D eigenvalue weighted by Gasteiger charge is 2.06. The van der Waals surface area contributed by atoms with Crippen molar-refractivity contribution in [2.24, 2.45) is 5.73 Å². The second-order valence-corrected chi connectivity index (χ2v) is 5.56. The molecular weight excluding hydrogens is 248 g/mol. The molecule has 0 aliphatic carbocycles. The molecule has 0 fully saturated rings. The van der Waals surface area contributed by atoms with E-state index in [9.17, 15) is 0 Å². The minimum absolute atomic E-state index is 0.424. The fourth-order valence-electron chi connectivity index (χ4n) is 2.29. The van der Waals surface area contributed by atoms with Crippen LogP contribution in [0.15, 0.2) is 40.8 Å². The lowest BCUT2D eigenvalue weighted by atomic mass is 10.00. The summed E-state index contributed by atoms with van der Waals surface area (Å²) in [7, 11) is 2.11. The van der Waals surface area contributed by atoms with Crippen molar-refractivity contribution < 1.29 is 4.42 Å². The maximum atomic E-state index is 5.69. The molecule has 0 saturated carbocycles. The molecule has 2 aromatic rings. The Morgan fingerprint density at radius 1 is 1.10 bits per heavy atom. The quantitative estimate of drug-likeness (QED) is 0.877. The van der Waals surface area contributed by atoms with Gasteiger partial charge < -0.3 is 10.2 Å². The van der Waals surface area contributed by atoms with Gasteiger partial charge in [-0.25, -0.2) is 0 Å². The number of aryl methyl sites for hydroxylation is 1. The monoisotopic (exact) mass is 272 g/mol. The Bertz CT molecular complexity index is 530. The van der Waals surface area contributed by atoms with E-state index in [0.717, 1.165) is 24.6 Å². The van der Waals surface area contributed by atoms with Crippen LogP contribution in [0.5, 0.6) is 0 Å². The van der Waals surface area contributed by atoms with Crippen LogP contribution in [0.4, 0.5) is 0 Å². The molecule has 108 valence electrons. The molecule has 1 heterocycles. The van der Waals surface area contributed by atoms with E-state index in [2.05, 4.69) is 43.1 Å². The summed E-state index contributed by atoms with van der Waals surface area (Å²) in [6, 6.07) is 12.8. The molecule has 0 saturated heterocycles. The third kappa shape index (κ3) is 3.95. The first-order valence-electron chi connectivity index (χ1n) is 7.11. The first-order valence-corrected chi connectivity index (χ1v) is 7.11. The highest BCUT2D eigenvalue weighted by molar-refractivity contribution is 5.25. The lowest BCUT2D eigenvalue weighted by Crippen LogP contribution is -2.17. The molecular formula is C17H24N2O. The molecule has 3 heteroatoms. The van der Waals surface area contributed by atoms with Crippen molar-refractivity contribution in [2.45, 2.75) is 32.9 Å². The normalized spacial score (nSPS) is 12.8. The number of hydrogen-bond donors (Lipinski definition) is 1. The van der Waals surface area contributed by atoms with Gasteiger partial charge in [-0.1, -0.05) is 31.2 Å². The van der Waals surface area contributed by atoms with Crippen LogP contribution in [0.3, 0.4) is 0 Å². The van der Waals surface area contributed by atoms with Crippen molar-refractivity contribution in [2.75, 3.05) is 13.6 Å². The van der Waals surface area contributed by atoms with Gasteiger partial charge in [0.25, 0.3) is 0 Å². The van der Waals surface area contributed by atoms with Crippen molar-refractivity contribution in [3.05, 3.63) is 59.0 Å². The Labute approximate surface area is 121 Å². The van der Waals surface area contributed by atoms with Gasteiger partial charge in [0.15, 0.2) is 0 Å². The third-order valence-corrected chi connectivity index (χ3v) is 3.58. The van der Waals surface area contributed by atoms with E-state index >= 15 is 0 Å². The highest BCUT2D eigenvalue weighted by atomic mass is 16.3. The Hall–Kier alpha value is -1.58. The molecule has 0 spiro atoms. The molecule has 2 N–H and O–H groups in total. The molecule has 0 radical (unpaired) electrons. The van der Waals surface area contributed by atoms with Crippen LogP contribution in [0, 0.1) is 6.92 Å². The second-order valence-electron chi connectivity index (χ2n) is 5.56. The molecule has 1 unspecified atom stereocenters. The predicted molar refractivity (Wildman–Crippen MR) is 82.5 cm³/mol. The SMILES string of the molecule is Cc1ccc(CN(C)Cc2ccc(C(C)CN)cc2)o1. The third-order valence-electron chi connectivity index (χ3n) is 3.58. The summed E-state index contributed by atoms with van der Waals surface area (Å²) in [4.78, 5) is 2.25. The van der Waals surface area contributed by atoms with Crippen LogP contribution in [-0.4, -0.2) is 18.5 Å². The van der Waals surface area contributed by atoms with Crippen LogP contribution in [0.25, 0.3) is 0 Å². The number of benzene rings is 1. The van der Waals surface area contributed by atoms with Gasteiger partial charge in [0.1, 0.15) is 11.5 Å². The largest absolute Gasteiger partial charge is 0.465 e. The van der Waals surface area contributed by atoms with Gasteiger partial charge >= 0.3 is 0 Å². The summed E-state index contributed by atoms with van der Waals surface area (Å²) in [6.45, 7) is 6.56. The summed E-state index contributed by atoms with van der Waals surface area (Å²) < 4.78 is 5.60. The first-order chi connectivity index (χ1) is 9.58. The van der Waals surface area contributed by atoms with Crippen molar-refractivity contribution in [1.29, 1.82) is 0 Å². The van der Waals surface area contributed by atoms with E-state index in [0.29, 0.717) is 12.5 Å². The number of nitrogens with zero attached hydrogens (tertiary/aromatic N) is 1. The van der Waals surface area contributed by atoms with Gasteiger partial charge in [-0.15, -0.1) is 0 Å². The zero-order valence-electron chi connectivity index (χ0n) is 12.6. The molecule has 1 aromatic carbocycles. The molecule has 0 aliphatic rings. The fraction of sp³-hybridized carbons (Fsp3) is 0.412. The number of nitrogens with two attached hydrogens (primary N) is 1. The van der Waals surface area contributed by atoms with Crippen molar-refractivity contribution >= 4 is 0 Å². The molecule has 0 aliphatic heterocycles. The van der Waals surface area contributed by atoms with E-state index in [1.807, 2.05) is 19.1 Å². The van der Waals surface area contributed by atoms with Gasteiger partial charge in [0.05, 0.1) is 6.54 Å². The molecule has 0 bridgehead atoms. The van der Waals surface area contributed by atoms with Crippen LogP contribution in [0.1, 0.15) is 35.5 Å². The summed E-state index contributed by atoms with van der Waals surface area (Å²) in [5.41, 5.74) is 8.31. The maximum Gasteiger partial charge on any atom is 0.118 e. The fourth-order valence-corrected chi connectivity index (χ4v) is 2.29. The second kappa shape index (κ2) is 6.73. The minimum Gasteiger partial charge on any atom is -0.465 e. The smallest absolute Gasteiger partial charge is 0.118 e. The van der Waals surface area contributed by atoms with E-state index < -0.39 is 0 Å². The topological polar surface area (TPSA) is 42.4 Å². The van der Waals surface area contributed by atoms with E-state index in [1.165, 1.54) is 11.1 Å². The van der Waals surface area contributed by atoms with Crippen molar-refractivity contribution in [3.8, 4) is 0 Å². The van der Waals surface area contributed by atoms with Crippen LogP contribution in [-0.2, 0) is 13.1 Å². The van der Waals surface area contributed by atoms with Gasteiger partial charge in [0.2, 0.25) is 0 Å². The lowest BCUT2D eigenvalue weighted by Gasteiger charge is -2.16. The zero-order valence-corrected chi connectivity index (χ0v) is 12.6. The van der Waals surface area contributed by atoms with Crippen molar-refractivity contribution in [1.82, 2.24) is 4.90 Å². The molecule has 1 atom stereocenters. The average molecular weight is 272 g/mol. The number of hydrogen-bond acceptors (Lipinski definition) is 3. The Morgan fingerprint density at radius 2 is 1.80 bits per heavy atom. The molecule has 3 nitrogen and oxygen atoms in total. The number of furan rings is 1. The van der Waals surface area contributed by atoms with Crippen LogP contribution < -0.4 is 5.73 Å². The predicted octanol–water partition coefficient (Wildman–Crippen LogP) is 3.28. The molecule has 20 heavy (non-hydrogen) atoms. The number of rotatable bonds is 6. The molecule has 2 rings (SSSR count). The standard InChI is InChI=1S/C17H24N2O/c1-13(10-18)16-7-5-15(6-8-16)11-19(3)12-17-9-4-14(2)20-17/h4-9,13H,10-12,18H2,1-3H3. The van der Waals surface area contributed by atoms with Gasteiger partial charge in [-0.2, -0.15) is 0 Å². The highest BCUT2D eigenvalue weighted by Crippen LogP contribution is 2.16. The lowest BCUT2D eigenvalue weighted by molar-refractivity contribution is 0.285. The molecule has 0 amide bonds. The van der Waals surface area contributed by atoms with E-state index in [-0.39, 0.29) is 0 Å². The van der Waals surface area contributed by atoms with Crippen LogP contribution >= 0.6 is 0 Å². The summed E-state index contributed by atoms with van der Waals surface area (Å²) in [5, 5.41) is 0. The molecule has 1 aromatic heterocycles. The average Bonchev–Trinajstić information content (AvgIpc) is 2.84. The summed E-state index contributed by atoms with van der Waals surface area (Å²) in [6.07, 6.45) is 0. The van der Waals surface area contributed by atoms with Gasteiger partial charge in [0, 0.05) is 6.54 Å². The Balaban J connectivity index is 1.92. The maximum absolute atomic E-state index is 5.69. The van der Waals surface area contributed by atoms with Crippen LogP contribution in [0.2, 0.25) is 0 Å². The summed E-state index contributed by atoms with van der Waals surface area (Å²) in [5.74, 6) is 2.40. The van der Waals surface area contributed by atoms with Gasteiger partial charge in [-0.05, 0) is 49.7 Å². The minimum atomic E-state index is 0.424. The van der Waals surface area contributed by atoms with E-state index in [4.69, 9.17) is 10.2 Å². The van der Waals surface area contributed by atoms with E-state index in [1.54, 1.807) is 0 Å². The van der Waals surface area contributed by atoms with Gasteiger partial charge in [-0.3, -0.25) is 4.90 Å². The van der Waals surface area contributed by atoms with Crippen molar-refractivity contribution in [3.63, 3.8) is 0 Å². The Morgan fingerprint density at radius 3 is 2.35 bits per heavy atom. The zero-order chi connectivity index (χ0) is 14.5. The summed E-state index contributed by atoms with van der Waals surface area (Å²) >= 11 is 0.